The predicted molar refractivity (Wildman–Crippen MR) is 154 cm³/mol. The van der Waals surface area contributed by atoms with Crippen LogP contribution in [0.4, 0.5) is 10.1 Å². The molecule has 9 heteroatoms. The molecule has 3 aromatic carbocycles. The Morgan fingerprint density at radius 3 is 2.27 bits per heavy atom. The molecule has 4 rings (SSSR count). The van der Waals surface area contributed by atoms with E-state index >= 15 is 0 Å². The van der Waals surface area contributed by atoms with Crippen molar-refractivity contribution in [3.05, 3.63) is 95.3 Å². The van der Waals surface area contributed by atoms with Gasteiger partial charge >= 0.3 is 0 Å². The van der Waals surface area contributed by atoms with E-state index in [1.807, 2.05) is 13.0 Å². The lowest BCUT2D eigenvalue weighted by Gasteiger charge is -2.33. The van der Waals surface area contributed by atoms with Gasteiger partial charge in [0.1, 0.15) is 18.4 Å². The highest BCUT2D eigenvalue weighted by molar-refractivity contribution is 7.92. The van der Waals surface area contributed by atoms with Gasteiger partial charge in [0.2, 0.25) is 11.8 Å². The van der Waals surface area contributed by atoms with Crippen molar-refractivity contribution in [2.24, 2.45) is 0 Å². The first-order valence-electron chi connectivity index (χ1n) is 13.6. The van der Waals surface area contributed by atoms with E-state index in [1.165, 1.54) is 23.1 Å². The van der Waals surface area contributed by atoms with Crippen LogP contribution in [0.3, 0.4) is 0 Å². The first-order valence-corrected chi connectivity index (χ1v) is 15.0. The highest BCUT2D eigenvalue weighted by atomic mass is 32.2. The van der Waals surface area contributed by atoms with E-state index in [0.717, 1.165) is 35.6 Å². The van der Waals surface area contributed by atoms with Crippen LogP contribution in [0, 0.1) is 19.7 Å². The number of carbonyl (C=O) groups is 2. The number of aryl methyl sites for hydroxylation is 1. The number of sulfonamides is 1. The summed E-state index contributed by atoms with van der Waals surface area (Å²) in [6.07, 6.45) is 3.80. The third-order valence-corrected chi connectivity index (χ3v) is 9.40. The smallest absolute Gasteiger partial charge is 0.264 e. The summed E-state index contributed by atoms with van der Waals surface area (Å²) >= 11 is 0. The Bertz CT molecular complexity index is 1460. The standard InChI is InChI=1S/C31H36FN3O4S/c1-22-12-11-19-29(23(22)2)35(40(38,39)27-16-5-4-6-17-27)21-30(36)34(20-25-13-7-10-18-28(25)32)24(3)31(37)33-26-14-8-9-15-26/h4-7,10-13,16-19,24,26H,8-9,14-15,20-21H2,1-3H3,(H,33,37)/t24-/m0/s1. The molecule has 0 aromatic heterocycles. The second-order valence-electron chi connectivity index (χ2n) is 10.3. The van der Waals surface area contributed by atoms with Crippen LogP contribution in [0.1, 0.15) is 49.3 Å². The molecule has 0 saturated heterocycles. The number of carbonyl (C=O) groups excluding carboxylic acids is 2. The van der Waals surface area contributed by atoms with Crippen LogP contribution in [-0.2, 0) is 26.2 Å². The SMILES string of the molecule is Cc1cccc(N(CC(=O)N(Cc2ccccc2F)[C@@H](C)C(=O)NC2CCCC2)S(=O)(=O)c2ccccc2)c1C. The highest BCUT2D eigenvalue weighted by Crippen LogP contribution is 2.29. The highest BCUT2D eigenvalue weighted by Gasteiger charge is 2.34. The summed E-state index contributed by atoms with van der Waals surface area (Å²) in [7, 11) is -4.16. The van der Waals surface area contributed by atoms with Crippen molar-refractivity contribution in [3.8, 4) is 0 Å². The Morgan fingerprint density at radius 2 is 1.60 bits per heavy atom. The van der Waals surface area contributed by atoms with Crippen molar-refractivity contribution < 1.29 is 22.4 Å². The summed E-state index contributed by atoms with van der Waals surface area (Å²) in [4.78, 5) is 28.6. The Hall–Kier alpha value is -3.72. The Morgan fingerprint density at radius 1 is 0.950 bits per heavy atom. The van der Waals surface area contributed by atoms with E-state index in [2.05, 4.69) is 5.32 Å². The third-order valence-electron chi connectivity index (χ3n) is 7.62. The van der Waals surface area contributed by atoms with Gasteiger partial charge in [0, 0.05) is 18.2 Å². The molecule has 212 valence electrons. The molecule has 1 fully saturated rings. The average molecular weight is 566 g/mol. The van der Waals surface area contributed by atoms with Crippen LogP contribution in [0.15, 0.2) is 77.7 Å². The fraction of sp³-hybridized carbons (Fsp3) is 0.355. The van der Waals surface area contributed by atoms with Gasteiger partial charge in [0.05, 0.1) is 10.6 Å². The number of amides is 2. The van der Waals surface area contributed by atoms with Crippen molar-refractivity contribution in [2.75, 3.05) is 10.8 Å². The van der Waals surface area contributed by atoms with Crippen LogP contribution in [0.5, 0.6) is 0 Å². The van der Waals surface area contributed by atoms with Gasteiger partial charge in [-0.2, -0.15) is 0 Å². The van der Waals surface area contributed by atoms with E-state index in [4.69, 9.17) is 0 Å². The minimum absolute atomic E-state index is 0.0327. The van der Waals surface area contributed by atoms with Crippen LogP contribution in [0.2, 0.25) is 0 Å². The molecular formula is C31H36FN3O4S. The largest absolute Gasteiger partial charge is 0.352 e. The van der Waals surface area contributed by atoms with Gasteiger partial charge in [0.15, 0.2) is 0 Å². The summed E-state index contributed by atoms with van der Waals surface area (Å²) in [5.41, 5.74) is 2.18. The first kappa shape index (κ1) is 29.3. The molecule has 0 bridgehead atoms. The Labute approximate surface area is 236 Å². The maximum absolute atomic E-state index is 14.7. The predicted octanol–water partition coefficient (Wildman–Crippen LogP) is 5.11. The molecule has 0 aliphatic heterocycles. The van der Waals surface area contributed by atoms with Gasteiger partial charge in [-0.3, -0.25) is 13.9 Å². The fourth-order valence-corrected chi connectivity index (χ4v) is 6.52. The average Bonchev–Trinajstić information content (AvgIpc) is 3.46. The summed E-state index contributed by atoms with van der Waals surface area (Å²) < 4.78 is 43.6. The van der Waals surface area contributed by atoms with Crippen molar-refractivity contribution in [2.45, 2.75) is 70.0 Å². The summed E-state index contributed by atoms with van der Waals surface area (Å²) in [5, 5.41) is 3.01. The van der Waals surface area contributed by atoms with Gasteiger partial charge in [-0.05, 0) is 69.0 Å². The zero-order valence-electron chi connectivity index (χ0n) is 23.1. The second-order valence-corrected chi connectivity index (χ2v) is 12.2. The van der Waals surface area contributed by atoms with Gasteiger partial charge in [-0.25, -0.2) is 12.8 Å². The van der Waals surface area contributed by atoms with Gasteiger partial charge < -0.3 is 10.2 Å². The van der Waals surface area contributed by atoms with Gasteiger partial charge in [-0.1, -0.05) is 61.4 Å². The minimum Gasteiger partial charge on any atom is -0.352 e. The Balaban J connectivity index is 1.72. The van der Waals surface area contributed by atoms with E-state index in [-0.39, 0.29) is 29.0 Å². The van der Waals surface area contributed by atoms with E-state index in [0.29, 0.717) is 11.3 Å². The maximum atomic E-state index is 14.7. The van der Waals surface area contributed by atoms with Crippen LogP contribution in [-0.4, -0.2) is 43.8 Å². The van der Waals surface area contributed by atoms with E-state index in [9.17, 15) is 22.4 Å². The van der Waals surface area contributed by atoms with Gasteiger partial charge in [0.25, 0.3) is 10.0 Å². The quantitative estimate of drug-likeness (QED) is 0.370. The van der Waals surface area contributed by atoms with Crippen LogP contribution >= 0.6 is 0 Å². The number of halogens is 1. The maximum Gasteiger partial charge on any atom is 0.264 e. The molecular weight excluding hydrogens is 529 g/mol. The zero-order valence-corrected chi connectivity index (χ0v) is 24.0. The second kappa shape index (κ2) is 12.6. The lowest BCUT2D eigenvalue weighted by molar-refractivity contribution is -0.139. The molecule has 1 aliphatic rings. The summed E-state index contributed by atoms with van der Waals surface area (Å²) in [6, 6.07) is 18.3. The zero-order chi connectivity index (χ0) is 28.9. The van der Waals surface area contributed by atoms with Gasteiger partial charge in [-0.15, -0.1) is 0 Å². The van der Waals surface area contributed by atoms with Crippen molar-refractivity contribution >= 4 is 27.5 Å². The normalized spacial score (nSPS) is 14.5. The number of hydrogen-bond acceptors (Lipinski definition) is 4. The molecule has 0 spiro atoms. The molecule has 1 N–H and O–H groups in total. The van der Waals surface area contributed by atoms with Crippen LogP contribution in [0.25, 0.3) is 0 Å². The number of hydrogen-bond donors (Lipinski definition) is 1. The topological polar surface area (TPSA) is 86.8 Å². The monoisotopic (exact) mass is 565 g/mol. The molecule has 0 heterocycles. The molecule has 40 heavy (non-hydrogen) atoms. The minimum atomic E-state index is -4.16. The van der Waals surface area contributed by atoms with E-state index in [1.54, 1.807) is 62.4 Å². The van der Waals surface area contributed by atoms with E-state index < -0.39 is 34.3 Å². The van der Waals surface area contributed by atoms with Crippen molar-refractivity contribution in [1.29, 1.82) is 0 Å². The third kappa shape index (κ3) is 6.53. The summed E-state index contributed by atoms with van der Waals surface area (Å²) in [6.45, 7) is 4.52. The first-order chi connectivity index (χ1) is 19.1. The lowest BCUT2D eigenvalue weighted by atomic mass is 10.1. The molecule has 7 nitrogen and oxygen atoms in total. The molecule has 0 radical (unpaired) electrons. The number of rotatable bonds is 10. The Kier molecular flexibility index (Phi) is 9.25. The molecule has 1 saturated carbocycles. The number of nitrogens with one attached hydrogen (secondary N) is 1. The molecule has 2 amide bonds. The molecule has 3 aromatic rings. The fourth-order valence-electron chi connectivity index (χ4n) is 5.02. The number of benzene rings is 3. The number of nitrogens with zero attached hydrogens (tertiary/aromatic N) is 2. The number of anilines is 1. The molecule has 0 unspecified atom stereocenters. The summed E-state index contributed by atoms with van der Waals surface area (Å²) in [5.74, 6) is -1.47. The van der Waals surface area contributed by atoms with Crippen molar-refractivity contribution in [3.63, 3.8) is 0 Å². The molecule has 1 aliphatic carbocycles. The van der Waals surface area contributed by atoms with Crippen LogP contribution < -0.4 is 9.62 Å². The lowest BCUT2D eigenvalue weighted by Crippen LogP contribution is -2.52. The van der Waals surface area contributed by atoms with Crippen molar-refractivity contribution in [1.82, 2.24) is 10.2 Å². The molecule has 1 atom stereocenters.